The van der Waals surface area contributed by atoms with Gasteiger partial charge in [-0.25, -0.2) is 0 Å². The van der Waals surface area contributed by atoms with Crippen LogP contribution in [0, 0.1) is 0 Å². The summed E-state index contributed by atoms with van der Waals surface area (Å²) in [6.07, 6.45) is 0. The first-order chi connectivity index (χ1) is 40.4. The average Bonchev–Trinajstić information content (AvgIpc) is 1.63. The largest absolute Gasteiger partial charge is 0.310 e. The maximum atomic E-state index is 2.51. The highest BCUT2D eigenvalue weighted by Crippen LogP contribution is 2.56. The molecule has 14 aromatic carbocycles. The first-order valence-electron chi connectivity index (χ1n) is 29.5. The Balaban J connectivity index is 0.830. The molecule has 0 aliphatic heterocycles. The normalized spacial score (nSPS) is 14.7. The minimum Gasteiger partial charge on any atom is -0.310 e. The third kappa shape index (κ3) is 6.84. The van der Waals surface area contributed by atoms with E-state index < -0.39 is 0 Å². The minimum atomic E-state index is -0.325. The van der Waals surface area contributed by atoms with E-state index in [1.807, 2.05) is 0 Å². The Hall–Kier alpha value is -9.76. The standard InChI is InChI=1S/C81H60N2/c1-79(2)72-23-13-11-20-64(72)66-39-34-57(46-75(66)79)82(54-32-37-62-51(42-54)28-26-49-16-7-9-18-60(49)62)56-31-30-53-44-71-68-41-36-59(48-77(68)81(5,6)74-25-15-22-69(78(71)74)70(53)45-56)83(55-33-38-63-52(43-55)29-27-50-17-8-10-19-61(50)63)58-35-40-67-65-21-12-14-24-73(65)80(3,4)76(67)47-58/h7-48H,1-6H3. The topological polar surface area (TPSA) is 6.48 Å². The minimum absolute atomic E-state index is 0.142. The summed E-state index contributed by atoms with van der Waals surface area (Å²) in [7, 11) is 0. The Kier molecular flexibility index (Phi) is 9.91. The van der Waals surface area contributed by atoms with Crippen LogP contribution >= 0.6 is 0 Å². The lowest BCUT2D eigenvalue weighted by Crippen LogP contribution is -2.24. The molecule has 0 fully saturated rings. The summed E-state index contributed by atoms with van der Waals surface area (Å²) < 4.78 is 0. The maximum Gasteiger partial charge on any atom is 0.0468 e. The molecule has 0 radical (unpaired) electrons. The van der Waals surface area contributed by atoms with E-state index in [4.69, 9.17) is 0 Å². The molecule has 0 N–H and O–H groups in total. The summed E-state index contributed by atoms with van der Waals surface area (Å²) in [5.74, 6) is 0. The highest BCUT2D eigenvalue weighted by Gasteiger charge is 2.39. The van der Waals surface area contributed by atoms with E-state index in [-0.39, 0.29) is 16.2 Å². The van der Waals surface area contributed by atoms with Crippen LogP contribution in [0.1, 0.15) is 74.9 Å². The van der Waals surface area contributed by atoms with E-state index in [0.717, 1.165) is 34.1 Å². The van der Waals surface area contributed by atoms with Crippen molar-refractivity contribution < 1.29 is 0 Å². The molecule has 14 aromatic rings. The lowest BCUT2D eigenvalue weighted by Gasteiger charge is -2.37. The Morgan fingerprint density at radius 2 is 0.542 bits per heavy atom. The van der Waals surface area contributed by atoms with Gasteiger partial charge in [0.1, 0.15) is 0 Å². The first-order valence-corrected chi connectivity index (χ1v) is 29.5. The van der Waals surface area contributed by atoms with Gasteiger partial charge in [0.2, 0.25) is 0 Å². The zero-order valence-electron chi connectivity index (χ0n) is 47.6. The van der Waals surface area contributed by atoms with E-state index in [9.17, 15) is 0 Å². The van der Waals surface area contributed by atoms with Gasteiger partial charge in [0, 0.05) is 50.4 Å². The molecule has 0 aromatic heterocycles. The van der Waals surface area contributed by atoms with Gasteiger partial charge in [-0.15, -0.1) is 0 Å². The molecular weight excluding hydrogens is 1000 g/mol. The van der Waals surface area contributed by atoms with Gasteiger partial charge in [0.25, 0.3) is 0 Å². The van der Waals surface area contributed by atoms with Gasteiger partial charge in [0.05, 0.1) is 0 Å². The number of rotatable bonds is 6. The number of nitrogens with zero attached hydrogens (tertiary/aromatic N) is 2. The SMILES string of the molecule is CC1(C)c2ccccc2-c2ccc(N(c3ccc4c(c3)C(C)(C)c3cccc5c3c-4cc3ccc(N(c4ccc6c(c4)C(C)(C)c4ccccc4-6)c4ccc6c(ccc7ccccc76)c4)cc35)c3ccc4c(ccc5ccccc54)c3)cc21. The van der Waals surface area contributed by atoms with Crippen molar-refractivity contribution in [2.75, 3.05) is 9.80 Å². The van der Waals surface area contributed by atoms with Crippen molar-refractivity contribution >= 4 is 98.8 Å². The molecule has 83 heavy (non-hydrogen) atoms. The fraction of sp³-hybridized carbons (Fsp3) is 0.111. The molecule has 17 rings (SSSR count). The number of hydrogen-bond acceptors (Lipinski definition) is 2. The van der Waals surface area contributed by atoms with Crippen LogP contribution in [0.25, 0.3) is 98.0 Å². The van der Waals surface area contributed by atoms with Crippen LogP contribution in [-0.2, 0) is 16.2 Å². The van der Waals surface area contributed by atoms with E-state index in [1.165, 1.54) is 131 Å². The zero-order valence-corrected chi connectivity index (χ0v) is 47.6. The van der Waals surface area contributed by atoms with Crippen LogP contribution < -0.4 is 9.80 Å². The van der Waals surface area contributed by atoms with Crippen molar-refractivity contribution in [3.05, 3.63) is 288 Å². The summed E-state index contributed by atoms with van der Waals surface area (Å²) in [4.78, 5) is 5.00. The summed E-state index contributed by atoms with van der Waals surface area (Å²) in [6.45, 7) is 14.4. The Bertz CT molecular complexity index is 5150. The van der Waals surface area contributed by atoms with Crippen LogP contribution in [0.2, 0.25) is 0 Å². The molecule has 0 spiro atoms. The van der Waals surface area contributed by atoms with Crippen molar-refractivity contribution in [3.8, 4) is 33.4 Å². The third-order valence-electron chi connectivity index (χ3n) is 19.7. The zero-order chi connectivity index (χ0) is 55.7. The van der Waals surface area contributed by atoms with Gasteiger partial charge in [-0.1, -0.05) is 217 Å². The molecule has 394 valence electrons. The Labute approximate surface area is 485 Å². The van der Waals surface area contributed by atoms with Gasteiger partial charge in [0.15, 0.2) is 0 Å². The molecule has 0 saturated heterocycles. The number of fused-ring (bicyclic) bond motifs is 16. The Morgan fingerprint density at radius 3 is 1.07 bits per heavy atom. The molecule has 0 unspecified atom stereocenters. The first kappa shape index (κ1) is 48.0. The molecule has 2 nitrogen and oxygen atoms in total. The van der Waals surface area contributed by atoms with E-state index in [0.29, 0.717) is 0 Å². The molecule has 2 heteroatoms. The van der Waals surface area contributed by atoms with Gasteiger partial charge in [-0.2, -0.15) is 0 Å². The predicted octanol–water partition coefficient (Wildman–Crippen LogP) is 22.5. The predicted molar refractivity (Wildman–Crippen MR) is 354 cm³/mol. The van der Waals surface area contributed by atoms with Gasteiger partial charge in [-0.05, 0) is 210 Å². The number of anilines is 6. The van der Waals surface area contributed by atoms with Crippen molar-refractivity contribution in [3.63, 3.8) is 0 Å². The number of benzene rings is 14. The van der Waals surface area contributed by atoms with Crippen LogP contribution in [-0.4, -0.2) is 0 Å². The third-order valence-corrected chi connectivity index (χ3v) is 19.7. The van der Waals surface area contributed by atoms with Gasteiger partial charge in [-0.3, -0.25) is 0 Å². The summed E-state index contributed by atoms with van der Waals surface area (Å²) in [6, 6.07) is 96.9. The number of hydrogen-bond donors (Lipinski definition) is 0. The summed E-state index contributed by atoms with van der Waals surface area (Å²) in [5, 5.41) is 15.1. The second-order valence-corrected chi connectivity index (χ2v) is 25.3. The lowest BCUT2D eigenvalue weighted by molar-refractivity contribution is 0.645. The fourth-order valence-electron chi connectivity index (χ4n) is 15.5. The molecular formula is C81H60N2. The molecule has 0 atom stereocenters. The monoisotopic (exact) mass is 1060 g/mol. The lowest BCUT2D eigenvalue weighted by atomic mass is 9.68. The quantitative estimate of drug-likeness (QED) is 0.153. The molecule has 0 heterocycles. The average molecular weight is 1060 g/mol. The van der Waals surface area contributed by atoms with Crippen LogP contribution in [0.15, 0.2) is 255 Å². The van der Waals surface area contributed by atoms with E-state index in [2.05, 4.69) is 306 Å². The maximum absolute atomic E-state index is 2.51. The summed E-state index contributed by atoms with van der Waals surface area (Å²) in [5.41, 5.74) is 22.3. The highest BCUT2D eigenvalue weighted by molar-refractivity contribution is 6.18. The molecule has 0 bridgehead atoms. The van der Waals surface area contributed by atoms with Crippen molar-refractivity contribution in [1.82, 2.24) is 0 Å². The van der Waals surface area contributed by atoms with Crippen LogP contribution in [0.5, 0.6) is 0 Å². The van der Waals surface area contributed by atoms with Crippen molar-refractivity contribution in [2.24, 2.45) is 0 Å². The molecule has 3 aliphatic carbocycles. The Morgan fingerprint density at radius 1 is 0.205 bits per heavy atom. The highest BCUT2D eigenvalue weighted by atomic mass is 15.1. The second kappa shape index (κ2) is 17.1. The van der Waals surface area contributed by atoms with Gasteiger partial charge >= 0.3 is 0 Å². The van der Waals surface area contributed by atoms with E-state index >= 15 is 0 Å². The molecule has 0 saturated carbocycles. The summed E-state index contributed by atoms with van der Waals surface area (Å²) >= 11 is 0. The fourth-order valence-corrected chi connectivity index (χ4v) is 15.5. The smallest absolute Gasteiger partial charge is 0.0468 e. The second-order valence-electron chi connectivity index (χ2n) is 25.3. The molecule has 0 amide bonds. The van der Waals surface area contributed by atoms with Crippen molar-refractivity contribution in [1.29, 1.82) is 0 Å². The van der Waals surface area contributed by atoms with Crippen LogP contribution in [0.4, 0.5) is 34.1 Å². The van der Waals surface area contributed by atoms with E-state index in [1.54, 1.807) is 0 Å². The van der Waals surface area contributed by atoms with Gasteiger partial charge < -0.3 is 9.80 Å². The van der Waals surface area contributed by atoms with Crippen molar-refractivity contribution in [2.45, 2.75) is 57.8 Å². The molecule has 3 aliphatic rings. The van der Waals surface area contributed by atoms with Crippen LogP contribution in [0.3, 0.4) is 0 Å².